The highest BCUT2D eigenvalue weighted by Gasteiger charge is 2.41. The summed E-state index contributed by atoms with van der Waals surface area (Å²) >= 11 is 9.92. The quantitative estimate of drug-likeness (QED) is 0.771. The topological polar surface area (TPSA) is 18.5 Å². The first-order valence-electron chi connectivity index (χ1n) is 6.76. The Morgan fingerprint density at radius 1 is 1.42 bits per heavy atom. The highest BCUT2D eigenvalue weighted by molar-refractivity contribution is 9.09. The number of rotatable bonds is 3. The van der Waals surface area contributed by atoms with Crippen LogP contribution in [0.4, 0.5) is 0 Å². The number of alkyl halides is 1. The van der Waals surface area contributed by atoms with Crippen LogP contribution in [0.2, 0.25) is 5.02 Å². The summed E-state index contributed by atoms with van der Waals surface area (Å²) in [6, 6.07) is 4.09. The van der Waals surface area contributed by atoms with Crippen LogP contribution in [-0.4, -0.2) is 24.6 Å². The fourth-order valence-corrected chi connectivity index (χ4v) is 4.33. The molecule has 0 N–H and O–H groups in total. The molecule has 2 nitrogen and oxygen atoms in total. The van der Waals surface area contributed by atoms with Crippen LogP contribution >= 0.6 is 27.5 Å². The summed E-state index contributed by atoms with van der Waals surface area (Å²) < 4.78 is 11.6. The molecule has 2 atom stereocenters. The second kappa shape index (κ2) is 5.27. The number of ether oxygens (including phenoxy) is 2. The Morgan fingerprint density at radius 2 is 2.26 bits per heavy atom. The summed E-state index contributed by atoms with van der Waals surface area (Å²) in [5, 5.41) is 1.76. The van der Waals surface area contributed by atoms with Gasteiger partial charge in [-0.2, -0.15) is 0 Å². The standard InChI is InChI=1S/C15H18BrClO2/c1-10-15(9-16,3-5-18-10)8-12-7-13(17)6-11-2-4-19-14(11)12/h6-7,10H,2-5,8-9H2,1H3. The molecule has 0 amide bonds. The molecule has 2 heterocycles. The lowest BCUT2D eigenvalue weighted by Crippen LogP contribution is -2.33. The van der Waals surface area contributed by atoms with Gasteiger partial charge in [0.25, 0.3) is 0 Å². The minimum atomic E-state index is 0.157. The normalized spacial score (nSPS) is 29.3. The van der Waals surface area contributed by atoms with E-state index in [0.717, 1.165) is 48.6 Å². The van der Waals surface area contributed by atoms with Crippen LogP contribution in [0.5, 0.6) is 5.75 Å². The van der Waals surface area contributed by atoms with Gasteiger partial charge in [-0.15, -0.1) is 0 Å². The van der Waals surface area contributed by atoms with Gasteiger partial charge in [-0.25, -0.2) is 0 Å². The van der Waals surface area contributed by atoms with E-state index < -0.39 is 0 Å². The predicted octanol–water partition coefficient (Wildman–Crippen LogP) is 4.01. The van der Waals surface area contributed by atoms with E-state index in [9.17, 15) is 0 Å². The van der Waals surface area contributed by atoms with Crippen molar-refractivity contribution in [2.75, 3.05) is 18.5 Å². The fraction of sp³-hybridized carbons (Fsp3) is 0.600. The van der Waals surface area contributed by atoms with Crippen molar-refractivity contribution in [3.05, 3.63) is 28.3 Å². The van der Waals surface area contributed by atoms with Crippen LogP contribution in [0.1, 0.15) is 24.5 Å². The van der Waals surface area contributed by atoms with Crippen LogP contribution in [0.3, 0.4) is 0 Å². The molecule has 0 saturated carbocycles. The first-order chi connectivity index (χ1) is 9.14. The van der Waals surface area contributed by atoms with Crippen LogP contribution in [0, 0.1) is 5.41 Å². The van der Waals surface area contributed by atoms with Crippen LogP contribution < -0.4 is 4.74 Å². The zero-order valence-corrected chi connectivity index (χ0v) is 13.4. The van der Waals surface area contributed by atoms with Crippen molar-refractivity contribution in [2.24, 2.45) is 5.41 Å². The molecule has 3 rings (SSSR count). The fourth-order valence-electron chi connectivity index (χ4n) is 3.13. The monoisotopic (exact) mass is 344 g/mol. The summed E-state index contributed by atoms with van der Waals surface area (Å²) in [6.07, 6.45) is 3.28. The molecule has 2 aliphatic rings. The molecule has 4 heteroatoms. The predicted molar refractivity (Wildman–Crippen MR) is 80.6 cm³/mol. The third kappa shape index (κ3) is 2.41. The molecule has 0 radical (unpaired) electrons. The molecule has 0 aromatic heterocycles. The second-order valence-electron chi connectivity index (χ2n) is 5.59. The largest absolute Gasteiger partial charge is 0.493 e. The highest BCUT2D eigenvalue weighted by atomic mass is 79.9. The van der Waals surface area contributed by atoms with E-state index in [4.69, 9.17) is 21.1 Å². The highest BCUT2D eigenvalue weighted by Crippen LogP contribution is 2.43. The van der Waals surface area contributed by atoms with Crippen molar-refractivity contribution < 1.29 is 9.47 Å². The van der Waals surface area contributed by atoms with Crippen molar-refractivity contribution in [3.63, 3.8) is 0 Å². The van der Waals surface area contributed by atoms with Crippen LogP contribution in [-0.2, 0) is 17.6 Å². The molecule has 19 heavy (non-hydrogen) atoms. The number of halogens is 2. The van der Waals surface area contributed by atoms with E-state index >= 15 is 0 Å². The lowest BCUT2D eigenvalue weighted by Gasteiger charge is -2.31. The van der Waals surface area contributed by atoms with E-state index in [1.807, 2.05) is 6.07 Å². The van der Waals surface area contributed by atoms with Gasteiger partial charge in [0.15, 0.2) is 0 Å². The average Bonchev–Trinajstić information content (AvgIpc) is 2.97. The molecule has 1 saturated heterocycles. The zero-order valence-electron chi connectivity index (χ0n) is 11.0. The van der Waals surface area contributed by atoms with Crippen molar-refractivity contribution in [3.8, 4) is 5.75 Å². The Hall–Kier alpha value is -0.250. The maximum absolute atomic E-state index is 6.24. The van der Waals surface area contributed by atoms with Crippen molar-refractivity contribution in [1.82, 2.24) is 0 Å². The molecule has 104 valence electrons. The number of fused-ring (bicyclic) bond motifs is 1. The summed E-state index contributed by atoms with van der Waals surface area (Å²) in [7, 11) is 0. The average molecular weight is 346 g/mol. The first-order valence-corrected chi connectivity index (χ1v) is 8.26. The molecule has 0 spiro atoms. The third-order valence-corrected chi connectivity index (χ3v) is 5.80. The number of hydrogen-bond acceptors (Lipinski definition) is 2. The Balaban J connectivity index is 1.95. The molecule has 0 bridgehead atoms. The molecule has 2 aliphatic heterocycles. The molecule has 1 aromatic rings. The van der Waals surface area contributed by atoms with Gasteiger partial charge in [-0.3, -0.25) is 0 Å². The Morgan fingerprint density at radius 3 is 2.95 bits per heavy atom. The Labute approximate surface area is 127 Å². The molecular weight excluding hydrogens is 328 g/mol. The van der Waals surface area contributed by atoms with Gasteiger partial charge in [-0.1, -0.05) is 27.5 Å². The number of hydrogen-bond donors (Lipinski definition) is 0. The molecule has 2 unspecified atom stereocenters. The van der Waals surface area contributed by atoms with Crippen molar-refractivity contribution in [1.29, 1.82) is 0 Å². The van der Waals surface area contributed by atoms with Gasteiger partial charge in [0.05, 0.1) is 12.7 Å². The SMILES string of the molecule is CC1OCCC1(CBr)Cc1cc(Cl)cc2c1OCC2. The first kappa shape index (κ1) is 13.7. The Bertz CT molecular complexity index is 491. The summed E-state index contributed by atoms with van der Waals surface area (Å²) in [5.74, 6) is 1.06. The third-order valence-electron chi connectivity index (χ3n) is 4.46. The molecule has 1 fully saturated rings. The molecule has 1 aromatic carbocycles. The zero-order chi connectivity index (χ0) is 13.5. The van der Waals surface area contributed by atoms with E-state index in [0.29, 0.717) is 0 Å². The van der Waals surface area contributed by atoms with Gasteiger partial charge >= 0.3 is 0 Å². The summed E-state index contributed by atoms with van der Waals surface area (Å²) in [5.41, 5.74) is 2.64. The summed E-state index contributed by atoms with van der Waals surface area (Å²) in [4.78, 5) is 0. The van der Waals surface area contributed by atoms with Gasteiger partial charge in [0.1, 0.15) is 5.75 Å². The minimum absolute atomic E-state index is 0.157. The molecule has 0 aliphatic carbocycles. The van der Waals surface area contributed by atoms with Crippen LogP contribution in [0.15, 0.2) is 12.1 Å². The summed E-state index contributed by atoms with van der Waals surface area (Å²) in [6.45, 7) is 3.78. The van der Waals surface area contributed by atoms with Gasteiger partial charge in [0.2, 0.25) is 0 Å². The van der Waals surface area contributed by atoms with Gasteiger partial charge in [-0.05, 0) is 43.0 Å². The maximum Gasteiger partial charge on any atom is 0.125 e. The van der Waals surface area contributed by atoms with Crippen LogP contribution in [0.25, 0.3) is 0 Å². The minimum Gasteiger partial charge on any atom is -0.493 e. The lowest BCUT2D eigenvalue weighted by molar-refractivity contribution is 0.0744. The maximum atomic E-state index is 6.24. The van der Waals surface area contributed by atoms with Crippen molar-refractivity contribution >= 4 is 27.5 Å². The van der Waals surface area contributed by atoms with Gasteiger partial charge in [0, 0.05) is 28.8 Å². The van der Waals surface area contributed by atoms with E-state index in [1.165, 1.54) is 11.1 Å². The molecular formula is C15H18BrClO2. The van der Waals surface area contributed by atoms with Crippen molar-refractivity contribution in [2.45, 2.75) is 32.3 Å². The Kier molecular flexibility index (Phi) is 3.80. The van der Waals surface area contributed by atoms with E-state index in [1.54, 1.807) is 0 Å². The number of benzene rings is 1. The smallest absolute Gasteiger partial charge is 0.125 e. The van der Waals surface area contributed by atoms with E-state index in [-0.39, 0.29) is 11.5 Å². The lowest BCUT2D eigenvalue weighted by atomic mass is 9.78. The second-order valence-corrected chi connectivity index (χ2v) is 6.58. The van der Waals surface area contributed by atoms with Gasteiger partial charge < -0.3 is 9.47 Å². The van der Waals surface area contributed by atoms with E-state index in [2.05, 4.69) is 28.9 Å².